The van der Waals surface area contributed by atoms with Crippen molar-refractivity contribution in [2.45, 2.75) is 55.0 Å². The minimum Gasteiger partial charge on any atom is -0.490 e. The Balaban J connectivity index is 2.23. The highest BCUT2D eigenvalue weighted by molar-refractivity contribution is 5.96. The minimum atomic E-state index is -0.350. The van der Waals surface area contributed by atoms with Gasteiger partial charge in [-0.25, -0.2) is 5.43 Å². The highest BCUT2D eigenvalue weighted by Crippen LogP contribution is 2.39. The summed E-state index contributed by atoms with van der Waals surface area (Å²) < 4.78 is 19.3. The summed E-state index contributed by atoms with van der Waals surface area (Å²) in [6, 6.07) is 5.37. The maximum Gasteiger partial charge on any atom is 0.271 e. The molecule has 0 saturated carbocycles. The van der Waals surface area contributed by atoms with Crippen LogP contribution < -0.4 is 19.6 Å². The number of ether oxygens (including phenoxy) is 3. The number of hydrogen-bond donors (Lipinski definition) is 1. The van der Waals surface area contributed by atoms with Crippen LogP contribution in [0.1, 0.15) is 61.9 Å². The first-order valence-corrected chi connectivity index (χ1v) is 10.9. The van der Waals surface area contributed by atoms with Crippen LogP contribution in [0.5, 0.6) is 17.2 Å². The smallest absolute Gasteiger partial charge is 0.271 e. The van der Waals surface area contributed by atoms with E-state index in [0.717, 1.165) is 17.8 Å². The SMILES string of the molecule is CCOc1cc(C(=O)N/N=C/c2cc(C)n(CC(C)C)c2C)cc(OCC)c1OCC. The number of nitrogens with zero attached hydrogens (tertiary/aromatic N) is 2. The van der Waals surface area contributed by atoms with Crippen molar-refractivity contribution in [3.8, 4) is 17.2 Å². The van der Waals surface area contributed by atoms with Crippen LogP contribution in [0.15, 0.2) is 23.3 Å². The Hall–Kier alpha value is -2.96. The molecule has 1 aromatic heterocycles. The quantitative estimate of drug-likeness (QED) is 0.414. The second-order valence-electron chi connectivity index (χ2n) is 7.63. The molecule has 0 aliphatic rings. The lowest BCUT2D eigenvalue weighted by Gasteiger charge is -2.16. The number of carbonyl (C=O) groups is 1. The highest BCUT2D eigenvalue weighted by Gasteiger charge is 2.18. The van der Waals surface area contributed by atoms with Gasteiger partial charge in [-0.1, -0.05) is 13.8 Å². The summed E-state index contributed by atoms with van der Waals surface area (Å²) >= 11 is 0. The molecule has 2 rings (SSSR count). The van der Waals surface area contributed by atoms with Crippen LogP contribution in [-0.4, -0.2) is 36.5 Å². The maximum absolute atomic E-state index is 12.7. The molecule has 0 spiro atoms. The lowest BCUT2D eigenvalue weighted by Crippen LogP contribution is -2.18. The molecule has 1 N–H and O–H groups in total. The number of amides is 1. The van der Waals surface area contributed by atoms with Crippen LogP contribution >= 0.6 is 0 Å². The molecule has 0 radical (unpaired) electrons. The van der Waals surface area contributed by atoms with Crippen molar-refractivity contribution in [3.05, 3.63) is 40.7 Å². The second kappa shape index (κ2) is 11.4. The number of carbonyl (C=O) groups excluding carboxylic acids is 1. The van der Waals surface area contributed by atoms with Gasteiger partial charge in [-0.2, -0.15) is 5.10 Å². The topological polar surface area (TPSA) is 74.1 Å². The zero-order valence-corrected chi connectivity index (χ0v) is 19.7. The first-order chi connectivity index (χ1) is 14.8. The Kier molecular flexibility index (Phi) is 8.97. The van der Waals surface area contributed by atoms with Gasteiger partial charge in [0.1, 0.15) is 0 Å². The van der Waals surface area contributed by atoms with Gasteiger partial charge in [0, 0.05) is 29.1 Å². The summed E-state index contributed by atoms with van der Waals surface area (Å²) in [5, 5.41) is 4.17. The van der Waals surface area contributed by atoms with E-state index in [1.54, 1.807) is 18.3 Å². The number of aromatic nitrogens is 1. The van der Waals surface area contributed by atoms with Crippen molar-refractivity contribution in [3.63, 3.8) is 0 Å². The Morgan fingerprint density at radius 3 is 2.13 bits per heavy atom. The van der Waals surface area contributed by atoms with Crippen molar-refractivity contribution in [1.82, 2.24) is 9.99 Å². The van der Waals surface area contributed by atoms with Gasteiger partial charge in [-0.05, 0) is 58.7 Å². The number of hydrogen-bond acceptors (Lipinski definition) is 5. The molecule has 1 heterocycles. The monoisotopic (exact) mass is 429 g/mol. The third kappa shape index (κ3) is 6.26. The lowest BCUT2D eigenvalue weighted by atomic mass is 10.1. The van der Waals surface area contributed by atoms with Gasteiger partial charge in [0.25, 0.3) is 5.91 Å². The van der Waals surface area contributed by atoms with E-state index < -0.39 is 0 Å². The van der Waals surface area contributed by atoms with Crippen LogP contribution in [0.2, 0.25) is 0 Å². The highest BCUT2D eigenvalue weighted by atomic mass is 16.5. The fourth-order valence-corrected chi connectivity index (χ4v) is 3.35. The predicted molar refractivity (Wildman–Crippen MR) is 124 cm³/mol. The Morgan fingerprint density at radius 1 is 1.03 bits per heavy atom. The van der Waals surface area contributed by atoms with Gasteiger partial charge in [-0.15, -0.1) is 0 Å². The molecule has 1 amide bonds. The lowest BCUT2D eigenvalue weighted by molar-refractivity contribution is 0.0954. The Bertz CT molecular complexity index is 889. The third-order valence-corrected chi connectivity index (χ3v) is 4.70. The zero-order valence-electron chi connectivity index (χ0n) is 19.7. The van der Waals surface area contributed by atoms with E-state index >= 15 is 0 Å². The molecular weight excluding hydrogens is 394 g/mol. The molecule has 0 aliphatic carbocycles. The predicted octanol–water partition coefficient (Wildman–Crippen LogP) is 4.72. The number of aryl methyl sites for hydroxylation is 1. The molecule has 0 unspecified atom stereocenters. The third-order valence-electron chi connectivity index (χ3n) is 4.70. The molecule has 1 aromatic carbocycles. The van der Waals surface area contributed by atoms with Gasteiger partial charge >= 0.3 is 0 Å². The largest absolute Gasteiger partial charge is 0.490 e. The molecular formula is C24H35N3O4. The van der Waals surface area contributed by atoms with E-state index in [1.165, 1.54) is 5.69 Å². The van der Waals surface area contributed by atoms with Crippen molar-refractivity contribution in [2.75, 3.05) is 19.8 Å². The standard InChI is InChI=1S/C24H35N3O4/c1-8-29-21-12-19(13-22(30-9-2)23(21)31-10-3)24(28)26-25-14-20-11-17(6)27(18(20)7)15-16(4)5/h11-14,16H,8-10,15H2,1-7H3,(H,26,28)/b25-14+. The summed E-state index contributed by atoms with van der Waals surface area (Å²) in [4.78, 5) is 12.7. The zero-order chi connectivity index (χ0) is 23.0. The van der Waals surface area contributed by atoms with Crippen LogP contribution in [-0.2, 0) is 6.54 Å². The van der Waals surface area contributed by atoms with E-state index in [9.17, 15) is 4.79 Å². The summed E-state index contributed by atoms with van der Waals surface area (Å²) in [6.07, 6.45) is 1.68. The first-order valence-electron chi connectivity index (χ1n) is 10.9. The van der Waals surface area contributed by atoms with Gasteiger partial charge in [-0.3, -0.25) is 4.79 Å². The molecule has 0 bridgehead atoms. The van der Waals surface area contributed by atoms with Crippen molar-refractivity contribution in [2.24, 2.45) is 11.0 Å². The average molecular weight is 430 g/mol. The molecule has 7 nitrogen and oxygen atoms in total. The molecule has 0 atom stereocenters. The summed E-state index contributed by atoms with van der Waals surface area (Å²) in [7, 11) is 0. The van der Waals surface area contributed by atoms with Crippen molar-refractivity contribution in [1.29, 1.82) is 0 Å². The van der Waals surface area contributed by atoms with Crippen LogP contribution in [0.25, 0.3) is 0 Å². The maximum atomic E-state index is 12.7. The molecule has 2 aromatic rings. The number of hydrazone groups is 1. The van der Waals surface area contributed by atoms with E-state index in [1.807, 2.05) is 20.8 Å². The molecule has 31 heavy (non-hydrogen) atoms. The number of rotatable bonds is 11. The van der Waals surface area contributed by atoms with Crippen LogP contribution in [0.3, 0.4) is 0 Å². The first kappa shape index (κ1) is 24.3. The van der Waals surface area contributed by atoms with Crippen LogP contribution in [0, 0.1) is 19.8 Å². The molecule has 170 valence electrons. The summed E-state index contributed by atoms with van der Waals surface area (Å²) in [5.41, 5.74) is 6.27. The minimum absolute atomic E-state index is 0.350. The molecule has 0 fully saturated rings. The summed E-state index contributed by atoms with van der Waals surface area (Å²) in [6.45, 7) is 16.5. The number of nitrogens with one attached hydrogen (secondary N) is 1. The Labute approximate surface area is 185 Å². The van der Waals surface area contributed by atoms with Crippen LogP contribution in [0.4, 0.5) is 0 Å². The fraction of sp³-hybridized carbons (Fsp3) is 0.500. The Morgan fingerprint density at radius 2 is 1.61 bits per heavy atom. The van der Waals surface area contributed by atoms with E-state index in [2.05, 4.69) is 48.9 Å². The molecule has 0 aliphatic heterocycles. The number of benzene rings is 1. The van der Waals surface area contributed by atoms with Crippen molar-refractivity contribution < 1.29 is 19.0 Å². The van der Waals surface area contributed by atoms with E-state index in [4.69, 9.17) is 14.2 Å². The molecule has 0 saturated heterocycles. The normalized spacial score (nSPS) is 11.2. The van der Waals surface area contributed by atoms with Gasteiger partial charge in [0.15, 0.2) is 11.5 Å². The van der Waals surface area contributed by atoms with Gasteiger partial charge in [0.2, 0.25) is 5.75 Å². The fourth-order valence-electron chi connectivity index (χ4n) is 3.35. The molecule has 7 heteroatoms. The van der Waals surface area contributed by atoms with Crippen molar-refractivity contribution >= 4 is 12.1 Å². The average Bonchev–Trinajstić information content (AvgIpc) is 2.97. The summed E-state index contributed by atoms with van der Waals surface area (Å²) in [5.74, 6) is 1.65. The van der Waals surface area contributed by atoms with Gasteiger partial charge < -0.3 is 18.8 Å². The van der Waals surface area contributed by atoms with E-state index in [0.29, 0.717) is 48.6 Å². The van der Waals surface area contributed by atoms with E-state index in [-0.39, 0.29) is 5.91 Å². The van der Waals surface area contributed by atoms with Gasteiger partial charge in [0.05, 0.1) is 26.0 Å². The second-order valence-corrected chi connectivity index (χ2v) is 7.63.